The van der Waals surface area contributed by atoms with Crippen LogP contribution in [0.4, 0.5) is 0 Å². The highest BCUT2D eigenvalue weighted by molar-refractivity contribution is 7.80. The fraction of sp³-hybridized carbons (Fsp3) is 0.500. The van der Waals surface area contributed by atoms with Crippen molar-refractivity contribution in [3.05, 3.63) is 53.7 Å². The number of hydrogen-bond donors (Lipinski definition) is 1. The number of thiocarbonyl (C=S) groups is 1. The first-order chi connectivity index (χ1) is 13.2. The van der Waals surface area contributed by atoms with E-state index in [1.54, 1.807) is 0 Å². The van der Waals surface area contributed by atoms with Gasteiger partial charge in [0.1, 0.15) is 17.6 Å². The van der Waals surface area contributed by atoms with E-state index in [-0.39, 0.29) is 12.1 Å². The molecular weight excluding hydrogens is 360 g/mol. The summed E-state index contributed by atoms with van der Waals surface area (Å²) in [6.07, 6.45) is 2.87. The Labute approximate surface area is 165 Å². The molecular formula is C20H26N4O2S. The number of pyridine rings is 1. The van der Waals surface area contributed by atoms with E-state index < -0.39 is 0 Å². The van der Waals surface area contributed by atoms with Gasteiger partial charge in [-0.1, -0.05) is 6.07 Å². The molecule has 1 N–H and O–H groups in total. The minimum absolute atomic E-state index is 0.00682. The van der Waals surface area contributed by atoms with E-state index in [4.69, 9.17) is 21.4 Å². The normalized spacial score (nSPS) is 23.6. The van der Waals surface area contributed by atoms with Crippen molar-refractivity contribution in [1.82, 2.24) is 20.1 Å². The lowest BCUT2D eigenvalue weighted by atomic mass is 10.0. The predicted octanol–water partition coefficient (Wildman–Crippen LogP) is 2.68. The molecule has 2 aliphatic heterocycles. The van der Waals surface area contributed by atoms with E-state index in [9.17, 15) is 0 Å². The average Bonchev–Trinajstić information content (AvgIpc) is 3.27. The lowest BCUT2D eigenvalue weighted by Gasteiger charge is -2.29. The first-order valence-corrected chi connectivity index (χ1v) is 9.98. The van der Waals surface area contributed by atoms with Crippen LogP contribution in [0.5, 0.6) is 0 Å². The molecule has 2 aliphatic rings. The van der Waals surface area contributed by atoms with Crippen molar-refractivity contribution in [2.75, 3.05) is 39.4 Å². The first kappa shape index (κ1) is 18.4. The summed E-state index contributed by atoms with van der Waals surface area (Å²) in [6, 6.07) is 10.1. The molecule has 144 valence electrons. The molecule has 0 amide bonds. The van der Waals surface area contributed by atoms with Gasteiger partial charge in [0, 0.05) is 32.4 Å². The highest BCUT2D eigenvalue weighted by Crippen LogP contribution is 2.39. The van der Waals surface area contributed by atoms with Gasteiger partial charge >= 0.3 is 0 Å². The SMILES string of the molecule is Cc1ccc(C2C(c3ccccn3)NC(=S)N2CCCN2CCOCC2)o1. The molecule has 0 spiro atoms. The minimum Gasteiger partial charge on any atom is -0.464 e. The van der Waals surface area contributed by atoms with E-state index >= 15 is 0 Å². The summed E-state index contributed by atoms with van der Waals surface area (Å²) >= 11 is 5.68. The Morgan fingerprint density at radius 2 is 2.04 bits per heavy atom. The van der Waals surface area contributed by atoms with Crippen molar-refractivity contribution >= 4 is 17.3 Å². The molecule has 2 unspecified atom stereocenters. The molecule has 0 bridgehead atoms. The molecule has 0 aliphatic carbocycles. The average molecular weight is 387 g/mol. The molecule has 2 atom stereocenters. The van der Waals surface area contributed by atoms with E-state index in [0.29, 0.717) is 0 Å². The first-order valence-electron chi connectivity index (χ1n) is 9.57. The summed E-state index contributed by atoms with van der Waals surface area (Å²) in [5.74, 6) is 1.85. The second-order valence-corrected chi connectivity index (χ2v) is 7.46. The van der Waals surface area contributed by atoms with Crippen LogP contribution in [0.25, 0.3) is 0 Å². The molecule has 0 aromatic carbocycles. The Kier molecular flexibility index (Phi) is 5.71. The van der Waals surface area contributed by atoms with E-state index in [1.807, 2.05) is 37.4 Å². The monoisotopic (exact) mass is 386 g/mol. The van der Waals surface area contributed by atoms with Crippen molar-refractivity contribution in [2.45, 2.75) is 25.4 Å². The van der Waals surface area contributed by atoms with Crippen LogP contribution in [0.1, 0.15) is 35.7 Å². The van der Waals surface area contributed by atoms with Crippen LogP contribution in [0.2, 0.25) is 0 Å². The third kappa shape index (κ3) is 4.15. The second kappa shape index (κ2) is 8.37. The summed E-state index contributed by atoms with van der Waals surface area (Å²) < 4.78 is 11.4. The van der Waals surface area contributed by atoms with Crippen LogP contribution in [0.15, 0.2) is 40.9 Å². The number of aromatic nitrogens is 1. The highest BCUT2D eigenvalue weighted by Gasteiger charge is 2.41. The standard InChI is InChI=1S/C20H26N4O2S/c1-15-6-7-17(26-15)19-18(16-5-2-3-8-21-16)22-20(27)24(19)10-4-9-23-11-13-25-14-12-23/h2-3,5-8,18-19H,4,9-14H2,1H3,(H,22,27). The van der Waals surface area contributed by atoms with Crippen LogP contribution in [0, 0.1) is 6.92 Å². The Bertz CT molecular complexity index is 760. The van der Waals surface area contributed by atoms with Crippen LogP contribution >= 0.6 is 12.2 Å². The molecule has 0 saturated carbocycles. The highest BCUT2D eigenvalue weighted by atomic mass is 32.1. The van der Waals surface area contributed by atoms with Crippen LogP contribution in [0.3, 0.4) is 0 Å². The summed E-state index contributed by atoms with van der Waals surface area (Å²) in [5, 5.41) is 4.24. The molecule has 2 aromatic rings. The number of morpholine rings is 1. The molecule has 4 heterocycles. The van der Waals surface area contributed by atoms with Gasteiger partial charge in [0.05, 0.1) is 24.9 Å². The molecule has 2 fully saturated rings. The van der Waals surface area contributed by atoms with Crippen molar-refractivity contribution in [1.29, 1.82) is 0 Å². The van der Waals surface area contributed by atoms with Crippen LogP contribution in [-0.4, -0.2) is 59.3 Å². The zero-order valence-corrected chi connectivity index (χ0v) is 16.5. The lowest BCUT2D eigenvalue weighted by molar-refractivity contribution is 0.0365. The van der Waals surface area contributed by atoms with Crippen LogP contribution in [-0.2, 0) is 4.74 Å². The van der Waals surface area contributed by atoms with E-state index in [1.165, 1.54) is 0 Å². The Hall–Kier alpha value is -1.96. The number of rotatable bonds is 6. The zero-order valence-electron chi connectivity index (χ0n) is 15.6. The Morgan fingerprint density at radius 1 is 1.19 bits per heavy atom. The van der Waals surface area contributed by atoms with Crippen molar-refractivity contribution in [3.8, 4) is 0 Å². The van der Waals surface area contributed by atoms with Gasteiger partial charge in [-0.25, -0.2) is 0 Å². The molecule has 7 heteroatoms. The predicted molar refractivity (Wildman–Crippen MR) is 107 cm³/mol. The molecule has 2 aromatic heterocycles. The largest absolute Gasteiger partial charge is 0.464 e. The minimum atomic E-state index is -0.00682. The maximum absolute atomic E-state index is 6.00. The number of nitrogens with one attached hydrogen (secondary N) is 1. The molecule has 2 saturated heterocycles. The number of hydrogen-bond acceptors (Lipinski definition) is 5. The third-order valence-corrected chi connectivity index (χ3v) is 5.58. The summed E-state index contributed by atoms with van der Waals surface area (Å²) in [7, 11) is 0. The van der Waals surface area contributed by atoms with Crippen molar-refractivity contribution in [2.24, 2.45) is 0 Å². The van der Waals surface area contributed by atoms with Crippen molar-refractivity contribution in [3.63, 3.8) is 0 Å². The topological polar surface area (TPSA) is 53.8 Å². The number of nitrogens with zero attached hydrogens (tertiary/aromatic N) is 3. The molecule has 6 nitrogen and oxygen atoms in total. The summed E-state index contributed by atoms with van der Waals surface area (Å²) in [6.45, 7) is 7.61. The van der Waals surface area contributed by atoms with Gasteiger partial charge in [0.15, 0.2) is 5.11 Å². The van der Waals surface area contributed by atoms with Gasteiger partial charge in [-0.05, 0) is 49.8 Å². The Morgan fingerprint density at radius 3 is 2.74 bits per heavy atom. The summed E-state index contributed by atoms with van der Waals surface area (Å²) in [5.41, 5.74) is 0.981. The van der Waals surface area contributed by atoms with Gasteiger partial charge in [-0.3, -0.25) is 9.88 Å². The number of aryl methyl sites for hydroxylation is 1. The van der Waals surface area contributed by atoms with Crippen molar-refractivity contribution < 1.29 is 9.15 Å². The van der Waals surface area contributed by atoms with Gasteiger partial charge in [-0.2, -0.15) is 0 Å². The van der Waals surface area contributed by atoms with E-state index in [0.717, 1.165) is 68.1 Å². The molecule has 4 rings (SSSR count). The Balaban J connectivity index is 1.50. The van der Waals surface area contributed by atoms with Gasteiger partial charge in [-0.15, -0.1) is 0 Å². The third-order valence-electron chi connectivity index (χ3n) is 5.23. The second-order valence-electron chi connectivity index (χ2n) is 7.08. The quantitative estimate of drug-likeness (QED) is 0.766. The smallest absolute Gasteiger partial charge is 0.170 e. The fourth-order valence-corrected chi connectivity index (χ4v) is 4.19. The van der Waals surface area contributed by atoms with E-state index in [2.05, 4.69) is 26.2 Å². The maximum Gasteiger partial charge on any atom is 0.170 e. The lowest BCUT2D eigenvalue weighted by Crippen LogP contribution is -2.38. The van der Waals surface area contributed by atoms with Gasteiger partial charge < -0.3 is 19.4 Å². The van der Waals surface area contributed by atoms with Gasteiger partial charge in [0.2, 0.25) is 0 Å². The summed E-state index contributed by atoms with van der Waals surface area (Å²) in [4.78, 5) is 9.27. The van der Waals surface area contributed by atoms with Gasteiger partial charge in [0.25, 0.3) is 0 Å². The molecule has 0 radical (unpaired) electrons. The number of furan rings is 1. The van der Waals surface area contributed by atoms with Crippen LogP contribution < -0.4 is 5.32 Å². The number of ether oxygens (including phenoxy) is 1. The maximum atomic E-state index is 6.00. The zero-order chi connectivity index (χ0) is 18.6. The fourth-order valence-electron chi connectivity index (χ4n) is 3.86. The molecule has 27 heavy (non-hydrogen) atoms.